The molecule has 0 aromatic heterocycles. The van der Waals surface area contributed by atoms with Crippen molar-refractivity contribution in [1.82, 2.24) is 10.2 Å². The minimum absolute atomic E-state index is 0.0549. The number of ether oxygens (including phenoxy) is 1. The summed E-state index contributed by atoms with van der Waals surface area (Å²) < 4.78 is 31.8. The summed E-state index contributed by atoms with van der Waals surface area (Å²) in [5, 5.41) is 2.92. The smallest absolute Gasteiger partial charge is 0.244 e. The summed E-state index contributed by atoms with van der Waals surface area (Å²) in [6, 6.07) is 13.5. The van der Waals surface area contributed by atoms with E-state index in [1.165, 1.54) is 4.90 Å². The summed E-state index contributed by atoms with van der Waals surface area (Å²) in [6.07, 6.45) is 1.82. The van der Waals surface area contributed by atoms with E-state index >= 15 is 0 Å². The van der Waals surface area contributed by atoms with E-state index in [0.717, 1.165) is 28.1 Å². The number of carbonyl (C=O) groups excluding carboxylic acids is 2. The number of nitrogens with one attached hydrogen (secondary N) is 1. The molecule has 2 amide bonds. The predicted molar refractivity (Wildman–Crippen MR) is 144 cm³/mol. The van der Waals surface area contributed by atoms with E-state index < -0.39 is 28.5 Å². The first-order chi connectivity index (χ1) is 16.9. The van der Waals surface area contributed by atoms with E-state index in [-0.39, 0.29) is 24.4 Å². The maximum Gasteiger partial charge on any atom is 0.244 e. The molecule has 0 aliphatic heterocycles. The highest BCUT2D eigenvalue weighted by molar-refractivity contribution is 7.92. The second-order valence-corrected chi connectivity index (χ2v) is 11.3. The van der Waals surface area contributed by atoms with Crippen LogP contribution in [0.4, 0.5) is 5.69 Å². The summed E-state index contributed by atoms with van der Waals surface area (Å²) in [5.74, 6) is 0.131. The average molecular weight is 518 g/mol. The van der Waals surface area contributed by atoms with Crippen LogP contribution >= 0.6 is 0 Å². The van der Waals surface area contributed by atoms with Crippen molar-refractivity contribution in [2.45, 2.75) is 65.6 Å². The molecule has 2 aromatic rings. The van der Waals surface area contributed by atoms with E-state index in [2.05, 4.69) is 19.2 Å². The number of anilines is 1. The van der Waals surface area contributed by atoms with Crippen LogP contribution in [0.25, 0.3) is 0 Å². The minimum Gasteiger partial charge on any atom is -0.497 e. The molecule has 198 valence electrons. The summed E-state index contributed by atoms with van der Waals surface area (Å²) in [6.45, 7) is 9.30. The normalized spacial score (nSPS) is 13.1. The third-order valence-electron chi connectivity index (χ3n) is 6.18. The first-order valence-electron chi connectivity index (χ1n) is 12.2. The van der Waals surface area contributed by atoms with E-state index in [1.807, 2.05) is 32.0 Å². The van der Waals surface area contributed by atoms with Crippen molar-refractivity contribution in [3.05, 3.63) is 59.7 Å². The third-order valence-corrected chi connectivity index (χ3v) is 7.32. The fraction of sp³-hybridized carbons (Fsp3) is 0.481. The summed E-state index contributed by atoms with van der Waals surface area (Å²) in [4.78, 5) is 28.0. The van der Waals surface area contributed by atoms with Gasteiger partial charge in [-0.2, -0.15) is 0 Å². The van der Waals surface area contributed by atoms with Crippen molar-refractivity contribution >= 4 is 27.5 Å². The predicted octanol–water partition coefficient (Wildman–Crippen LogP) is 3.92. The molecule has 2 aromatic carbocycles. The van der Waals surface area contributed by atoms with Gasteiger partial charge in [0.2, 0.25) is 21.8 Å². The Labute approximate surface area is 215 Å². The van der Waals surface area contributed by atoms with E-state index in [0.29, 0.717) is 11.4 Å². The van der Waals surface area contributed by atoms with Crippen molar-refractivity contribution in [2.75, 3.05) is 24.2 Å². The standard InChI is InChI=1S/C27H39N3O5S/c1-8-20(4)28-27(32)21(5)29(17-22-10-9-11-25(16-22)35-6)26(31)18-30(36(7,33)34)24-14-12-23(13-15-24)19(2)3/h9-16,19-21H,8,17-18H2,1-7H3,(H,28,32). The van der Waals surface area contributed by atoms with Gasteiger partial charge in [-0.25, -0.2) is 8.42 Å². The number of methoxy groups -OCH3 is 1. The summed E-state index contributed by atoms with van der Waals surface area (Å²) in [5.41, 5.74) is 2.22. The van der Waals surface area contributed by atoms with E-state index in [4.69, 9.17) is 4.74 Å². The van der Waals surface area contributed by atoms with Crippen molar-refractivity contribution in [1.29, 1.82) is 0 Å². The number of hydrogen-bond donors (Lipinski definition) is 1. The fourth-order valence-corrected chi connectivity index (χ4v) is 4.50. The van der Waals surface area contributed by atoms with Crippen LogP contribution in [0.5, 0.6) is 5.75 Å². The van der Waals surface area contributed by atoms with Gasteiger partial charge in [-0.05, 0) is 61.6 Å². The van der Waals surface area contributed by atoms with Gasteiger partial charge in [0, 0.05) is 12.6 Å². The van der Waals surface area contributed by atoms with Crippen molar-refractivity contribution < 1.29 is 22.7 Å². The number of rotatable bonds is 12. The molecule has 36 heavy (non-hydrogen) atoms. The lowest BCUT2D eigenvalue weighted by molar-refractivity contribution is -0.139. The van der Waals surface area contributed by atoms with Crippen LogP contribution in [-0.4, -0.2) is 57.1 Å². The van der Waals surface area contributed by atoms with Gasteiger partial charge >= 0.3 is 0 Å². The molecule has 0 spiro atoms. The number of nitrogens with zero attached hydrogens (tertiary/aromatic N) is 2. The summed E-state index contributed by atoms with van der Waals surface area (Å²) >= 11 is 0. The molecule has 2 atom stereocenters. The molecule has 1 N–H and O–H groups in total. The molecule has 0 radical (unpaired) electrons. The van der Waals surface area contributed by atoms with Crippen molar-refractivity contribution in [3.8, 4) is 5.75 Å². The second-order valence-electron chi connectivity index (χ2n) is 9.38. The molecule has 0 saturated heterocycles. The maximum atomic E-state index is 13.6. The Kier molecular flexibility index (Phi) is 10.3. The minimum atomic E-state index is -3.77. The average Bonchev–Trinajstić information content (AvgIpc) is 2.84. The highest BCUT2D eigenvalue weighted by Gasteiger charge is 2.30. The van der Waals surface area contributed by atoms with Gasteiger partial charge in [0.25, 0.3) is 0 Å². The van der Waals surface area contributed by atoms with Crippen LogP contribution in [-0.2, 0) is 26.2 Å². The van der Waals surface area contributed by atoms with Crippen molar-refractivity contribution in [2.24, 2.45) is 0 Å². The number of benzene rings is 2. The lowest BCUT2D eigenvalue weighted by atomic mass is 10.0. The van der Waals surface area contributed by atoms with Crippen LogP contribution in [0.1, 0.15) is 58.1 Å². The molecule has 9 heteroatoms. The molecule has 0 aliphatic carbocycles. The molecular weight excluding hydrogens is 478 g/mol. The van der Waals surface area contributed by atoms with Crippen LogP contribution < -0.4 is 14.4 Å². The molecule has 2 rings (SSSR count). The Morgan fingerprint density at radius 3 is 2.19 bits per heavy atom. The van der Waals surface area contributed by atoms with Crippen molar-refractivity contribution in [3.63, 3.8) is 0 Å². The Hall–Kier alpha value is -3.07. The molecule has 0 fully saturated rings. The van der Waals surface area contributed by atoms with Gasteiger partial charge in [0.1, 0.15) is 18.3 Å². The SMILES string of the molecule is CCC(C)NC(=O)C(C)N(Cc1cccc(OC)c1)C(=O)CN(c1ccc(C(C)C)cc1)S(C)(=O)=O. The number of sulfonamides is 1. The van der Waals surface area contributed by atoms with Gasteiger partial charge < -0.3 is 15.0 Å². The highest BCUT2D eigenvalue weighted by Crippen LogP contribution is 2.23. The zero-order valence-corrected chi connectivity index (χ0v) is 23.1. The summed E-state index contributed by atoms with van der Waals surface area (Å²) in [7, 11) is -2.21. The molecule has 2 unspecified atom stereocenters. The Balaban J connectivity index is 2.40. The van der Waals surface area contributed by atoms with Crippen LogP contribution in [0.15, 0.2) is 48.5 Å². The zero-order chi connectivity index (χ0) is 27.0. The van der Waals surface area contributed by atoms with E-state index in [9.17, 15) is 18.0 Å². The molecular formula is C27H39N3O5S. The molecule has 0 heterocycles. The molecule has 0 saturated carbocycles. The lowest BCUT2D eigenvalue weighted by Gasteiger charge is -2.32. The maximum absolute atomic E-state index is 13.6. The number of amides is 2. The molecule has 0 bridgehead atoms. The van der Waals surface area contributed by atoms with Crippen LogP contribution in [0.3, 0.4) is 0 Å². The van der Waals surface area contributed by atoms with E-state index in [1.54, 1.807) is 44.4 Å². The lowest BCUT2D eigenvalue weighted by Crippen LogP contribution is -2.52. The quantitative estimate of drug-likeness (QED) is 0.460. The molecule has 0 aliphatic rings. The molecule has 8 nitrogen and oxygen atoms in total. The Bertz CT molecular complexity index is 1130. The van der Waals surface area contributed by atoms with Gasteiger partial charge in [-0.3, -0.25) is 13.9 Å². The first-order valence-corrected chi connectivity index (χ1v) is 14.0. The monoisotopic (exact) mass is 517 g/mol. The van der Waals surface area contributed by atoms with Gasteiger partial charge in [-0.1, -0.05) is 45.0 Å². The number of carbonyl (C=O) groups is 2. The third kappa shape index (κ3) is 7.98. The highest BCUT2D eigenvalue weighted by atomic mass is 32.2. The van der Waals surface area contributed by atoms with Gasteiger partial charge in [0.05, 0.1) is 19.1 Å². The zero-order valence-electron chi connectivity index (χ0n) is 22.3. The number of hydrogen-bond acceptors (Lipinski definition) is 5. The van der Waals surface area contributed by atoms with Gasteiger partial charge in [0.15, 0.2) is 0 Å². The Morgan fingerprint density at radius 2 is 1.67 bits per heavy atom. The van der Waals surface area contributed by atoms with Gasteiger partial charge in [-0.15, -0.1) is 0 Å². The first kappa shape index (κ1) is 29.2. The van der Waals surface area contributed by atoms with Crippen LogP contribution in [0, 0.1) is 0 Å². The second kappa shape index (κ2) is 12.8. The fourth-order valence-electron chi connectivity index (χ4n) is 3.65. The topological polar surface area (TPSA) is 96.0 Å². The van der Waals surface area contributed by atoms with Crippen LogP contribution in [0.2, 0.25) is 0 Å². The Morgan fingerprint density at radius 1 is 1.03 bits per heavy atom. The largest absolute Gasteiger partial charge is 0.497 e.